The number of aliphatic hydroxyl groups is 1. The van der Waals surface area contributed by atoms with Crippen LogP contribution in [0.2, 0.25) is 0 Å². The van der Waals surface area contributed by atoms with Crippen LogP contribution in [0.1, 0.15) is 45.1 Å². The maximum Gasteiger partial charge on any atom is 0.279 e. The fraction of sp³-hybridized carbons (Fsp3) is 0.440. The van der Waals surface area contributed by atoms with Crippen LogP contribution in [0.15, 0.2) is 48.5 Å². The smallest absolute Gasteiger partial charge is 0.279 e. The van der Waals surface area contributed by atoms with Crippen LogP contribution in [-0.4, -0.2) is 44.6 Å². The molecule has 0 saturated carbocycles. The van der Waals surface area contributed by atoms with E-state index in [1.54, 1.807) is 11.3 Å². The van der Waals surface area contributed by atoms with Crippen molar-refractivity contribution in [2.45, 2.75) is 69.8 Å². The highest BCUT2D eigenvalue weighted by Crippen LogP contribution is 2.37. The molecule has 7 heteroatoms. The number of aromatic nitrogens is 1. The van der Waals surface area contributed by atoms with Crippen LogP contribution in [0.5, 0.6) is 10.9 Å². The molecule has 5 rings (SSSR count). The molecule has 0 spiro atoms. The predicted molar refractivity (Wildman–Crippen MR) is 126 cm³/mol. The van der Waals surface area contributed by atoms with E-state index in [0.29, 0.717) is 17.3 Å². The second kappa shape index (κ2) is 8.46. The van der Waals surface area contributed by atoms with Gasteiger partial charge in [0.1, 0.15) is 11.4 Å². The van der Waals surface area contributed by atoms with Crippen molar-refractivity contribution in [1.82, 2.24) is 15.2 Å². The first-order valence-electron chi connectivity index (χ1n) is 11.3. The number of thiazole rings is 1. The summed E-state index contributed by atoms with van der Waals surface area (Å²) in [5, 5.41) is 13.6. The van der Waals surface area contributed by atoms with Crippen LogP contribution in [0.4, 0.5) is 0 Å². The topological polar surface area (TPSA) is 74.7 Å². The Labute approximate surface area is 192 Å². The summed E-state index contributed by atoms with van der Waals surface area (Å²) in [6.45, 7) is 3.98. The van der Waals surface area contributed by atoms with Crippen molar-refractivity contribution in [3.8, 4) is 10.9 Å². The van der Waals surface area contributed by atoms with Gasteiger partial charge in [0.05, 0.1) is 10.2 Å². The molecule has 2 saturated heterocycles. The van der Waals surface area contributed by atoms with Gasteiger partial charge in [0.15, 0.2) is 0 Å². The number of rotatable bonds is 6. The Kier molecular flexibility index (Phi) is 5.65. The van der Waals surface area contributed by atoms with Gasteiger partial charge in [-0.3, -0.25) is 9.69 Å². The molecule has 0 radical (unpaired) electrons. The largest absolute Gasteiger partial charge is 0.431 e. The summed E-state index contributed by atoms with van der Waals surface area (Å²) < 4.78 is 7.10. The van der Waals surface area contributed by atoms with E-state index in [-0.39, 0.29) is 11.9 Å². The highest BCUT2D eigenvalue weighted by Gasteiger charge is 2.41. The number of piperidine rings is 1. The van der Waals surface area contributed by atoms with Gasteiger partial charge < -0.3 is 15.2 Å². The van der Waals surface area contributed by atoms with Gasteiger partial charge in [-0.05, 0) is 69.4 Å². The van der Waals surface area contributed by atoms with Gasteiger partial charge in [-0.15, -0.1) is 0 Å². The number of benzene rings is 2. The lowest BCUT2D eigenvalue weighted by atomic mass is 9.95. The molecule has 2 aromatic carbocycles. The summed E-state index contributed by atoms with van der Waals surface area (Å²) in [6.07, 6.45) is 4.21. The second-order valence-electron chi connectivity index (χ2n) is 9.45. The van der Waals surface area contributed by atoms with E-state index >= 15 is 0 Å². The number of nitrogens with one attached hydrogen (secondary N) is 1. The van der Waals surface area contributed by atoms with Gasteiger partial charge in [-0.2, -0.15) is 0 Å². The zero-order valence-corrected chi connectivity index (χ0v) is 19.3. The van der Waals surface area contributed by atoms with Crippen molar-refractivity contribution >= 4 is 27.5 Å². The van der Waals surface area contributed by atoms with Gasteiger partial charge in [-0.25, -0.2) is 4.98 Å². The Morgan fingerprint density at radius 3 is 2.50 bits per heavy atom. The quantitative estimate of drug-likeness (QED) is 0.578. The second-order valence-corrected chi connectivity index (χ2v) is 10.4. The maximum absolute atomic E-state index is 12.2. The minimum absolute atomic E-state index is 0.146. The number of fused-ring (bicyclic) bond motifs is 3. The fourth-order valence-corrected chi connectivity index (χ4v) is 5.72. The van der Waals surface area contributed by atoms with E-state index in [9.17, 15) is 9.90 Å². The van der Waals surface area contributed by atoms with Gasteiger partial charge in [0, 0.05) is 24.7 Å². The number of hydrogen-bond donors (Lipinski definition) is 2. The average Bonchev–Trinajstić information content (AvgIpc) is 3.25. The molecule has 1 aromatic heterocycles. The molecule has 168 valence electrons. The third kappa shape index (κ3) is 4.51. The normalized spacial score (nSPS) is 23.4. The molecule has 2 fully saturated rings. The van der Waals surface area contributed by atoms with Crippen LogP contribution in [0.3, 0.4) is 0 Å². The fourth-order valence-electron chi connectivity index (χ4n) is 4.88. The lowest BCUT2D eigenvalue weighted by Crippen LogP contribution is -2.53. The molecular formula is C25H29N3O3S. The van der Waals surface area contributed by atoms with Crippen LogP contribution in [-0.2, 0) is 11.3 Å². The highest BCUT2D eigenvalue weighted by atomic mass is 32.1. The number of carbonyl (C=O) groups is 1. The summed E-state index contributed by atoms with van der Waals surface area (Å²) in [5.41, 5.74) is 0.894. The predicted octanol–water partition coefficient (Wildman–Crippen LogP) is 4.47. The van der Waals surface area contributed by atoms with E-state index in [1.165, 1.54) is 32.3 Å². The molecule has 2 N–H and O–H groups in total. The minimum atomic E-state index is -1.33. The molecule has 3 aromatic rings. The minimum Gasteiger partial charge on any atom is -0.431 e. The van der Waals surface area contributed by atoms with Crippen LogP contribution < -0.4 is 10.1 Å². The van der Waals surface area contributed by atoms with Crippen LogP contribution in [0.25, 0.3) is 10.2 Å². The highest BCUT2D eigenvalue weighted by molar-refractivity contribution is 7.20. The summed E-state index contributed by atoms with van der Waals surface area (Å²) in [7, 11) is 0. The van der Waals surface area contributed by atoms with E-state index in [4.69, 9.17) is 4.74 Å². The Morgan fingerprint density at radius 1 is 1.16 bits per heavy atom. The molecule has 6 nitrogen and oxygen atoms in total. The molecule has 2 bridgehead atoms. The number of ether oxygens (including phenoxy) is 1. The lowest BCUT2D eigenvalue weighted by molar-refractivity contribution is -0.137. The Hall–Kier alpha value is -2.48. The van der Waals surface area contributed by atoms with Crippen molar-refractivity contribution < 1.29 is 14.6 Å². The number of hydrogen-bond acceptors (Lipinski definition) is 6. The molecular weight excluding hydrogens is 422 g/mol. The number of nitrogens with zero attached hydrogens (tertiary/aromatic N) is 2. The molecule has 0 aliphatic carbocycles. The number of para-hydroxylation sites is 1. The third-order valence-corrected chi connectivity index (χ3v) is 7.46. The maximum atomic E-state index is 12.2. The molecule has 2 aliphatic rings. The monoisotopic (exact) mass is 451 g/mol. The van der Waals surface area contributed by atoms with E-state index in [1.807, 2.05) is 30.3 Å². The van der Waals surface area contributed by atoms with Gasteiger partial charge >= 0.3 is 0 Å². The van der Waals surface area contributed by atoms with Crippen molar-refractivity contribution in [2.75, 3.05) is 0 Å². The van der Waals surface area contributed by atoms with E-state index in [2.05, 4.69) is 33.4 Å². The Bertz CT molecular complexity index is 1060. The summed E-state index contributed by atoms with van der Waals surface area (Å²) >= 11 is 1.55. The van der Waals surface area contributed by atoms with Crippen molar-refractivity contribution in [3.05, 3.63) is 54.1 Å². The standard InChI is InChI=1S/C25H29N3O3S/c1-25(2,30)23(29)26-17-13-18-9-10-19(14-17)28(18)15-16-7-11-20(12-8-16)31-24-27-21-5-3-4-6-22(21)32-24/h3-8,11-12,17-19,30H,9-10,13-15H2,1-2H3,(H,26,29). The van der Waals surface area contributed by atoms with Crippen molar-refractivity contribution in [1.29, 1.82) is 0 Å². The average molecular weight is 452 g/mol. The summed E-state index contributed by atoms with van der Waals surface area (Å²) in [5.74, 6) is 0.517. The third-order valence-electron chi connectivity index (χ3n) is 6.54. The lowest BCUT2D eigenvalue weighted by Gasteiger charge is -2.39. The first kappa shape index (κ1) is 21.4. The molecule has 2 atom stereocenters. The number of carbonyl (C=O) groups excluding carboxylic acids is 1. The zero-order chi connectivity index (χ0) is 22.3. The first-order chi connectivity index (χ1) is 15.3. The van der Waals surface area contributed by atoms with Crippen molar-refractivity contribution in [3.63, 3.8) is 0 Å². The molecule has 2 aliphatic heterocycles. The van der Waals surface area contributed by atoms with Gasteiger partial charge in [0.25, 0.3) is 11.1 Å². The summed E-state index contributed by atoms with van der Waals surface area (Å²) in [6, 6.07) is 17.4. The number of amides is 1. The molecule has 2 unspecified atom stereocenters. The molecule has 32 heavy (non-hydrogen) atoms. The summed E-state index contributed by atoms with van der Waals surface area (Å²) in [4.78, 5) is 19.3. The van der Waals surface area contributed by atoms with Gasteiger partial charge in [0.2, 0.25) is 0 Å². The first-order valence-corrected chi connectivity index (χ1v) is 12.1. The Morgan fingerprint density at radius 2 is 1.84 bits per heavy atom. The van der Waals surface area contributed by atoms with Crippen LogP contribution in [0, 0.1) is 0 Å². The molecule has 3 heterocycles. The van der Waals surface area contributed by atoms with Crippen molar-refractivity contribution in [2.24, 2.45) is 0 Å². The van der Waals surface area contributed by atoms with E-state index < -0.39 is 5.60 Å². The zero-order valence-electron chi connectivity index (χ0n) is 18.5. The van der Waals surface area contributed by atoms with Gasteiger partial charge in [-0.1, -0.05) is 35.6 Å². The SMILES string of the molecule is CC(C)(O)C(=O)NC1CC2CCC(C1)N2Cc1ccc(Oc2nc3ccccc3s2)cc1. The van der Waals surface area contributed by atoms with E-state index in [0.717, 1.165) is 35.4 Å². The Balaban J connectivity index is 1.19. The molecule has 1 amide bonds. The van der Waals surface area contributed by atoms with Crippen LogP contribution >= 0.6 is 11.3 Å².